The zero-order valence-electron chi connectivity index (χ0n) is 18.8. The van der Waals surface area contributed by atoms with Crippen LogP contribution in [0.3, 0.4) is 0 Å². The fourth-order valence-corrected chi connectivity index (χ4v) is 9.40. The molecule has 2 heterocycles. The maximum atomic E-state index is 10.1. The van der Waals surface area contributed by atoms with Crippen LogP contribution in [0.2, 0.25) is 0 Å². The largest absolute Gasteiger partial charge is 0.192 e. The second-order valence-corrected chi connectivity index (χ2v) is 12.7. The van der Waals surface area contributed by atoms with E-state index in [4.69, 9.17) is 0 Å². The number of allylic oxidation sites excluding steroid dienone is 2. The van der Waals surface area contributed by atoms with Crippen molar-refractivity contribution in [3.8, 4) is 12.1 Å². The minimum absolute atomic E-state index is 0.621. The molecule has 4 aromatic rings. The van der Waals surface area contributed by atoms with Gasteiger partial charge >= 0.3 is 0 Å². The minimum Gasteiger partial charge on any atom is -0.192 e. The molecule has 170 valence electrons. The highest BCUT2D eigenvalue weighted by Gasteiger charge is 2.31. The Morgan fingerprint density at radius 3 is 1.08 bits per heavy atom. The molecule has 0 unspecified atom stereocenters. The Bertz CT molecular complexity index is 1490. The lowest BCUT2D eigenvalue weighted by molar-refractivity contribution is 1.27. The number of nitriles is 2. The van der Waals surface area contributed by atoms with Crippen molar-refractivity contribution in [3.05, 3.63) is 128 Å². The van der Waals surface area contributed by atoms with Crippen molar-refractivity contribution in [2.75, 3.05) is 0 Å². The van der Waals surface area contributed by atoms with Gasteiger partial charge in [-0.25, -0.2) is 0 Å². The van der Waals surface area contributed by atoms with Crippen molar-refractivity contribution in [2.24, 2.45) is 0 Å². The number of rotatable bonds is 3. The van der Waals surface area contributed by atoms with Crippen LogP contribution in [-0.2, 0) is 0 Å². The van der Waals surface area contributed by atoms with E-state index >= 15 is 0 Å². The summed E-state index contributed by atoms with van der Waals surface area (Å²) in [7, 11) is 0. The molecule has 6 rings (SSSR count). The van der Waals surface area contributed by atoms with E-state index < -0.39 is 0 Å². The molecule has 0 aliphatic carbocycles. The normalized spacial score (nSPS) is 13.5. The van der Waals surface area contributed by atoms with Gasteiger partial charge in [0.15, 0.2) is 0 Å². The summed E-state index contributed by atoms with van der Waals surface area (Å²) in [5.74, 6) is 0. The lowest BCUT2D eigenvalue weighted by Crippen LogP contribution is -1.99. The van der Waals surface area contributed by atoms with Crippen molar-refractivity contribution in [3.63, 3.8) is 0 Å². The SMILES string of the molecule is N#Cc1ccccc1C(=C1Sc2ccccc2S1)C(=C1Sc2ccccc2S1)c1ccccc1C#N. The van der Waals surface area contributed by atoms with Crippen LogP contribution in [0, 0.1) is 22.7 Å². The van der Waals surface area contributed by atoms with Crippen LogP contribution < -0.4 is 0 Å². The molecule has 0 saturated heterocycles. The average Bonchev–Trinajstić information content (AvgIpc) is 3.55. The number of hydrogen-bond donors (Lipinski definition) is 0. The third kappa shape index (κ3) is 4.17. The maximum absolute atomic E-state index is 10.1. The molecule has 2 nitrogen and oxygen atoms in total. The standard InChI is InChI=1S/C30H16N2S4/c31-17-19-9-1-3-11-21(19)27(29-33-23-13-5-6-14-24(23)34-29)28(22-12-4-2-10-20(22)18-32)30-35-25-15-7-8-16-26(25)36-30/h1-16H. The van der Waals surface area contributed by atoms with E-state index in [-0.39, 0.29) is 0 Å². The molecule has 2 aliphatic rings. The second kappa shape index (κ2) is 10.0. The Hall–Kier alpha value is -3.26. The molecule has 4 aromatic carbocycles. The highest BCUT2D eigenvalue weighted by molar-refractivity contribution is 8.25. The summed E-state index contributed by atoms with van der Waals surface area (Å²) >= 11 is 6.94. The van der Waals surface area contributed by atoms with E-state index in [1.54, 1.807) is 47.0 Å². The molecule has 0 amide bonds. The number of fused-ring (bicyclic) bond motifs is 2. The van der Waals surface area contributed by atoms with E-state index in [2.05, 4.69) is 60.7 Å². The molecule has 0 aromatic heterocycles. The topological polar surface area (TPSA) is 47.6 Å². The van der Waals surface area contributed by atoms with Crippen LogP contribution in [-0.4, -0.2) is 0 Å². The van der Waals surface area contributed by atoms with Crippen molar-refractivity contribution < 1.29 is 0 Å². The van der Waals surface area contributed by atoms with Crippen molar-refractivity contribution >= 4 is 58.2 Å². The summed E-state index contributed by atoms with van der Waals surface area (Å²) in [6, 6.07) is 37.2. The molecule has 0 spiro atoms. The Labute approximate surface area is 227 Å². The quantitative estimate of drug-likeness (QED) is 0.262. The number of thioether (sulfide) groups is 4. The van der Waals surface area contributed by atoms with Crippen molar-refractivity contribution in [1.82, 2.24) is 0 Å². The smallest absolute Gasteiger partial charge is 0.0998 e. The van der Waals surface area contributed by atoms with Gasteiger partial charge in [0.2, 0.25) is 0 Å². The predicted octanol–water partition coefficient (Wildman–Crippen LogP) is 9.26. The summed E-state index contributed by atoms with van der Waals surface area (Å²) in [6.45, 7) is 0. The van der Waals surface area contributed by atoms with Crippen molar-refractivity contribution in [2.45, 2.75) is 19.6 Å². The third-order valence-corrected chi connectivity index (χ3v) is 10.9. The van der Waals surface area contributed by atoms with Crippen LogP contribution in [0.25, 0.3) is 11.1 Å². The first-order valence-corrected chi connectivity index (χ1v) is 14.4. The molecule has 0 radical (unpaired) electrons. The molecule has 0 N–H and O–H groups in total. The predicted molar refractivity (Wildman–Crippen MR) is 152 cm³/mol. The molecule has 0 bridgehead atoms. The number of benzene rings is 4. The summed E-state index contributed by atoms with van der Waals surface area (Å²) in [5.41, 5.74) is 5.02. The molecule has 0 atom stereocenters. The summed E-state index contributed by atoms with van der Waals surface area (Å²) in [4.78, 5) is 4.82. The first-order valence-electron chi connectivity index (χ1n) is 11.1. The van der Waals surface area contributed by atoms with Gasteiger partial charge in [0.1, 0.15) is 0 Å². The summed E-state index contributed by atoms with van der Waals surface area (Å²) < 4.78 is 2.23. The van der Waals surface area contributed by atoms with Gasteiger partial charge in [-0.1, -0.05) is 108 Å². The van der Waals surface area contributed by atoms with Gasteiger partial charge in [0, 0.05) is 41.9 Å². The van der Waals surface area contributed by atoms with Crippen LogP contribution in [0.1, 0.15) is 22.3 Å². The highest BCUT2D eigenvalue weighted by Crippen LogP contribution is 2.60. The number of hydrogen-bond acceptors (Lipinski definition) is 6. The Morgan fingerprint density at radius 2 is 0.750 bits per heavy atom. The third-order valence-electron chi connectivity index (χ3n) is 5.80. The van der Waals surface area contributed by atoms with Crippen LogP contribution >= 0.6 is 47.0 Å². The first kappa shape index (κ1) is 23.2. The lowest BCUT2D eigenvalue weighted by atomic mass is 9.90. The lowest BCUT2D eigenvalue weighted by Gasteiger charge is -2.20. The van der Waals surface area contributed by atoms with Gasteiger partial charge in [-0.05, 0) is 36.4 Å². The van der Waals surface area contributed by atoms with Gasteiger partial charge in [-0.3, -0.25) is 0 Å². The molecular formula is C30H16N2S4. The Morgan fingerprint density at radius 1 is 0.444 bits per heavy atom. The minimum atomic E-state index is 0.621. The zero-order valence-corrected chi connectivity index (χ0v) is 22.0. The second-order valence-electron chi connectivity index (χ2n) is 7.94. The van der Waals surface area contributed by atoms with Crippen LogP contribution in [0.4, 0.5) is 0 Å². The number of nitrogens with zero attached hydrogens (tertiary/aromatic N) is 2. The Kier molecular flexibility index (Phi) is 6.44. The maximum Gasteiger partial charge on any atom is 0.0998 e. The Balaban J connectivity index is 1.68. The average molecular weight is 533 g/mol. The van der Waals surface area contributed by atoms with E-state index in [9.17, 15) is 10.5 Å². The fraction of sp³-hybridized carbons (Fsp3) is 0. The molecule has 2 aliphatic heterocycles. The summed E-state index contributed by atoms with van der Waals surface area (Å²) in [5, 5.41) is 20.2. The van der Waals surface area contributed by atoms with E-state index in [0.717, 1.165) is 30.7 Å². The molecule has 0 saturated carbocycles. The van der Waals surface area contributed by atoms with Gasteiger partial charge in [0.05, 0.1) is 31.7 Å². The summed E-state index contributed by atoms with van der Waals surface area (Å²) in [6.07, 6.45) is 0. The molecule has 36 heavy (non-hydrogen) atoms. The molecular weight excluding hydrogens is 517 g/mol. The zero-order chi connectivity index (χ0) is 24.5. The van der Waals surface area contributed by atoms with Gasteiger partial charge < -0.3 is 0 Å². The van der Waals surface area contributed by atoms with E-state index in [1.807, 2.05) is 48.5 Å². The monoisotopic (exact) mass is 532 g/mol. The van der Waals surface area contributed by atoms with Gasteiger partial charge in [-0.2, -0.15) is 10.5 Å². The van der Waals surface area contributed by atoms with Crippen LogP contribution in [0.15, 0.2) is 125 Å². The van der Waals surface area contributed by atoms with Crippen molar-refractivity contribution in [1.29, 1.82) is 10.5 Å². The fourth-order valence-electron chi connectivity index (χ4n) is 4.17. The highest BCUT2D eigenvalue weighted by atomic mass is 32.2. The van der Waals surface area contributed by atoms with Gasteiger partial charge in [-0.15, -0.1) is 0 Å². The van der Waals surface area contributed by atoms with Gasteiger partial charge in [0.25, 0.3) is 0 Å². The van der Waals surface area contributed by atoms with E-state index in [0.29, 0.717) is 11.1 Å². The first-order chi connectivity index (χ1) is 17.8. The molecule has 6 heteroatoms. The van der Waals surface area contributed by atoms with E-state index in [1.165, 1.54) is 19.6 Å². The molecule has 0 fully saturated rings. The van der Waals surface area contributed by atoms with Crippen LogP contribution in [0.5, 0.6) is 0 Å².